The van der Waals surface area contributed by atoms with E-state index in [1.54, 1.807) is 6.07 Å². The van der Waals surface area contributed by atoms with Crippen molar-refractivity contribution >= 4 is 27.5 Å². The minimum Gasteiger partial charge on any atom is -0.487 e. The number of unbranched alkanes of at least 4 members (excludes halogenated alkanes) is 1. The van der Waals surface area contributed by atoms with E-state index in [-0.39, 0.29) is 10.8 Å². The van der Waals surface area contributed by atoms with Crippen molar-refractivity contribution in [2.75, 3.05) is 39.4 Å². The van der Waals surface area contributed by atoms with Crippen LogP contribution in [-0.2, 0) is 22.6 Å². The number of amides is 1. The third kappa shape index (κ3) is 9.52. The number of carbonyl (C=O) groups is 1. The molecular weight excluding hydrogens is 550 g/mol. The third-order valence-electron chi connectivity index (χ3n) is 7.04. The number of ether oxygens (including phenoxy) is 2. The van der Waals surface area contributed by atoms with Crippen molar-refractivity contribution in [3.63, 3.8) is 0 Å². The van der Waals surface area contributed by atoms with Crippen LogP contribution in [0.15, 0.2) is 77.6 Å². The van der Waals surface area contributed by atoms with E-state index < -0.39 is 6.10 Å². The molecule has 0 saturated carbocycles. The third-order valence-corrected chi connectivity index (χ3v) is 7.97. The number of thiazole rings is 1. The maximum absolute atomic E-state index is 12.9. The van der Waals surface area contributed by atoms with Gasteiger partial charge in [0.25, 0.3) is 0 Å². The first kappa shape index (κ1) is 31.4. The van der Waals surface area contributed by atoms with Gasteiger partial charge >= 0.3 is 4.87 Å². The van der Waals surface area contributed by atoms with Crippen molar-refractivity contribution in [1.29, 1.82) is 0 Å². The summed E-state index contributed by atoms with van der Waals surface area (Å²) in [6, 6.07) is 23.6. The molecule has 4 rings (SSSR count). The Morgan fingerprint density at radius 2 is 1.74 bits per heavy atom. The number of rotatable bonds is 18. The summed E-state index contributed by atoms with van der Waals surface area (Å²) in [5, 5.41) is 14.3. The van der Waals surface area contributed by atoms with Crippen molar-refractivity contribution in [3.05, 3.63) is 99.2 Å². The van der Waals surface area contributed by atoms with Crippen LogP contribution in [0, 0.1) is 0 Å². The number of benzene rings is 3. The Kier molecular flexibility index (Phi) is 12.6. The van der Waals surface area contributed by atoms with Gasteiger partial charge in [-0.15, -0.1) is 0 Å². The minimum absolute atomic E-state index is 0.0791. The average Bonchev–Trinajstić information content (AvgIpc) is 3.41. The lowest BCUT2D eigenvalue weighted by Gasteiger charge is -2.23. The first-order chi connectivity index (χ1) is 20.5. The Hall–Kier alpha value is -3.50. The number of nitrogens with zero attached hydrogens (tertiary/aromatic N) is 1. The van der Waals surface area contributed by atoms with E-state index >= 15 is 0 Å². The van der Waals surface area contributed by atoms with Crippen molar-refractivity contribution in [3.8, 4) is 5.75 Å². The molecule has 1 heterocycles. The van der Waals surface area contributed by atoms with Crippen molar-refractivity contribution in [2.45, 2.75) is 45.3 Å². The molecule has 0 aliphatic heterocycles. The lowest BCUT2D eigenvalue weighted by molar-refractivity contribution is -0.132. The highest BCUT2D eigenvalue weighted by Crippen LogP contribution is 2.32. The average molecular weight is 592 g/mol. The number of aromatic amines is 1. The smallest absolute Gasteiger partial charge is 0.305 e. The zero-order chi connectivity index (χ0) is 29.6. The molecule has 0 fully saturated rings. The fourth-order valence-electron chi connectivity index (χ4n) is 4.67. The second-order valence-electron chi connectivity index (χ2n) is 10.2. The summed E-state index contributed by atoms with van der Waals surface area (Å²) in [5.41, 5.74) is 3.51. The molecule has 4 aromatic rings. The molecule has 42 heavy (non-hydrogen) atoms. The zero-order valence-electron chi connectivity index (χ0n) is 24.2. The van der Waals surface area contributed by atoms with Gasteiger partial charge in [0.2, 0.25) is 5.91 Å². The summed E-state index contributed by atoms with van der Waals surface area (Å²) < 4.78 is 12.4. The normalized spacial score (nSPS) is 12.0. The number of H-pyrrole nitrogens is 1. The first-order valence-electron chi connectivity index (χ1n) is 14.7. The Morgan fingerprint density at radius 3 is 2.48 bits per heavy atom. The molecule has 0 aliphatic carbocycles. The number of aliphatic hydroxyl groups is 1. The SMILES string of the molecule is CCCCN(CCNC[C@@H](O)c1ccc(OCc2ccccc2)c2[nH]c(=O)sc12)C(=O)CCOCCc1ccccc1. The predicted octanol–water partition coefficient (Wildman–Crippen LogP) is 5.07. The van der Waals surface area contributed by atoms with Crippen LogP contribution in [0.4, 0.5) is 0 Å². The number of hydrogen-bond donors (Lipinski definition) is 3. The Morgan fingerprint density at radius 1 is 1.00 bits per heavy atom. The monoisotopic (exact) mass is 591 g/mol. The summed E-state index contributed by atoms with van der Waals surface area (Å²) in [7, 11) is 0. The van der Waals surface area contributed by atoms with Crippen molar-refractivity contribution in [2.24, 2.45) is 0 Å². The highest BCUT2D eigenvalue weighted by atomic mass is 32.1. The first-order valence-corrected chi connectivity index (χ1v) is 15.5. The molecular formula is C33H41N3O5S. The summed E-state index contributed by atoms with van der Waals surface area (Å²) in [5.74, 6) is 0.653. The molecule has 0 saturated heterocycles. The molecule has 3 N–H and O–H groups in total. The standard InChI is InChI=1S/C33H41N3O5S/c1-2-3-19-36(30(38)17-22-40-21-16-25-10-6-4-7-11-25)20-18-34-23-28(37)27-14-15-29(31-32(27)42-33(39)35-31)41-24-26-12-8-5-9-13-26/h4-15,28,34,37H,2-3,16-24H2,1H3,(H,35,39)/t28-/m1/s1. The summed E-state index contributed by atoms with van der Waals surface area (Å²) in [6.07, 6.45) is 2.30. The highest BCUT2D eigenvalue weighted by molar-refractivity contribution is 7.16. The van der Waals surface area contributed by atoms with Crippen molar-refractivity contribution < 1.29 is 19.4 Å². The van der Waals surface area contributed by atoms with Gasteiger partial charge < -0.3 is 29.8 Å². The summed E-state index contributed by atoms with van der Waals surface area (Å²) in [4.78, 5) is 29.6. The van der Waals surface area contributed by atoms with Crippen LogP contribution >= 0.6 is 11.3 Å². The van der Waals surface area contributed by atoms with Gasteiger partial charge in [0, 0.05) is 31.7 Å². The van der Waals surface area contributed by atoms with Crippen LogP contribution in [0.25, 0.3) is 10.2 Å². The molecule has 1 amide bonds. The molecule has 0 bridgehead atoms. The van der Waals surface area contributed by atoms with Crippen LogP contribution < -0.4 is 14.9 Å². The van der Waals surface area contributed by atoms with Gasteiger partial charge in [-0.05, 0) is 30.0 Å². The molecule has 8 nitrogen and oxygen atoms in total. The minimum atomic E-state index is -0.820. The lowest BCUT2D eigenvalue weighted by Crippen LogP contribution is -2.38. The van der Waals surface area contributed by atoms with Gasteiger partial charge in [0.1, 0.15) is 17.9 Å². The van der Waals surface area contributed by atoms with E-state index in [9.17, 15) is 14.7 Å². The van der Waals surface area contributed by atoms with Crippen LogP contribution in [0.1, 0.15) is 49.0 Å². The van der Waals surface area contributed by atoms with Crippen LogP contribution in [0.5, 0.6) is 5.75 Å². The fourth-order valence-corrected chi connectivity index (χ4v) is 5.59. The number of hydrogen-bond acceptors (Lipinski definition) is 7. The van der Waals surface area contributed by atoms with E-state index in [4.69, 9.17) is 9.47 Å². The second kappa shape index (κ2) is 16.8. The highest BCUT2D eigenvalue weighted by Gasteiger charge is 2.18. The molecule has 0 aliphatic rings. The number of fused-ring (bicyclic) bond motifs is 1. The van der Waals surface area contributed by atoms with Gasteiger partial charge in [-0.25, -0.2) is 0 Å². The number of aromatic nitrogens is 1. The van der Waals surface area contributed by atoms with Crippen LogP contribution in [-0.4, -0.2) is 60.3 Å². The Labute approximate surface area is 251 Å². The van der Waals surface area contributed by atoms with Gasteiger partial charge in [0.15, 0.2) is 0 Å². The van der Waals surface area contributed by atoms with E-state index in [1.165, 1.54) is 5.56 Å². The maximum Gasteiger partial charge on any atom is 0.305 e. The largest absolute Gasteiger partial charge is 0.487 e. The van der Waals surface area contributed by atoms with E-state index in [2.05, 4.69) is 29.4 Å². The van der Waals surface area contributed by atoms with Crippen LogP contribution in [0.2, 0.25) is 0 Å². The van der Waals surface area contributed by atoms with Crippen LogP contribution in [0.3, 0.4) is 0 Å². The topological polar surface area (TPSA) is 104 Å². The molecule has 1 atom stereocenters. The van der Waals surface area contributed by atoms with Gasteiger partial charge in [-0.3, -0.25) is 9.59 Å². The molecule has 3 aromatic carbocycles. The van der Waals surface area contributed by atoms with E-state index in [0.717, 1.165) is 36.2 Å². The Bertz CT molecular complexity index is 1420. The molecule has 0 spiro atoms. The predicted molar refractivity (Wildman–Crippen MR) is 168 cm³/mol. The fraction of sp³-hybridized carbons (Fsp3) is 0.394. The van der Waals surface area contributed by atoms with Gasteiger partial charge in [0.05, 0.1) is 30.4 Å². The van der Waals surface area contributed by atoms with E-state index in [1.807, 2.05) is 59.5 Å². The zero-order valence-corrected chi connectivity index (χ0v) is 25.0. The molecule has 224 valence electrons. The number of aliphatic hydroxyl groups excluding tert-OH is 1. The molecule has 0 radical (unpaired) electrons. The Balaban J connectivity index is 1.24. The second-order valence-corrected chi connectivity index (χ2v) is 11.2. The summed E-state index contributed by atoms with van der Waals surface area (Å²) in [6.45, 7) is 5.58. The lowest BCUT2D eigenvalue weighted by atomic mass is 10.1. The van der Waals surface area contributed by atoms with Gasteiger partial charge in [-0.2, -0.15) is 0 Å². The molecule has 9 heteroatoms. The van der Waals surface area contributed by atoms with Crippen molar-refractivity contribution in [1.82, 2.24) is 15.2 Å². The van der Waals surface area contributed by atoms with Gasteiger partial charge in [-0.1, -0.05) is 91.4 Å². The van der Waals surface area contributed by atoms with E-state index in [0.29, 0.717) is 74.0 Å². The molecule has 1 aromatic heterocycles. The molecule has 0 unspecified atom stereocenters. The maximum atomic E-state index is 12.9. The summed E-state index contributed by atoms with van der Waals surface area (Å²) >= 11 is 1.07. The quantitative estimate of drug-likeness (QED) is 0.140. The number of carbonyl (C=O) groups excluding carboxylic acids is 1. The number of nitrogens with one attached hydrogen (secondary N) is 2.